The zero-order chi connectivity index (χ0) is 18.3. The van der Waals surface area contributed by atoms with Crippen molar-refractivity contribution in [2.24, 2.45) is 0 Å². The molecule has 1 amide bonds. The summed E-state index contributed by atoms with van der Waals surface area (Å²) in [5.41, 5.74) is 3.17. The minimum atomic E-state index is -0.315. The summed E-state index contributed by atoms with van der Waals surface area (Å²) in [6.45, 7) is 1.24. The molecule has 0 fully saturated rings. The molecule has 0 saturated heterocycles. The van der Waals surface area contributed by atoms with Crippen molar-refractivity contribution in [2.45, 2.75) is 0 Å². The van der Waals surface area contributed by atoms with Crippen LogP contribution in [0, 0.1) is 0 Å². The lowest BCUT2D eigenvalue weighted by atomic mass is 9.87. The molecule has 0 atom stereocenters. The Morgan fingerprint density at radius 3 is 2.50 bits per heavy atom. The number of hydrogen-bond acceptors (Lipinski definition) is 5. The minimum absolute atomic E-state index is 0.0366. The van der Waals surface area contributed by atoms with Crippen molar-refractivity contribution in [3.05, 3.63) is 59.4 Å². The Hall–Kier alpha value is -3.12. The van der Waals surface area contributed by atoms with Crippen molar-refractivity contribution < 1.29 is 9.59 Å². The molecular formula is C20H18N4O2. The van der Waals surface area contributed by atoms with E-state index in [9.17, 15) is 9.59 Å². The fourth-order valence-electron chi connectivity index (χ4n) is 3.17. The van der Waals surface area contributed by atoms with Gasteiger partial charge in [0.05, 0.1) is 11.2 Å². The molecule has 1 aliphatic carbocycles. The fraction of sp³-hybridized carbons (Fsp3) is 0.200. The van der Waals surface area contributed by atoms with Crippen molar-refractivity contribution >= 4 is 22.6 Å². The van der Waals surface area contributed by atoms with Crippen molar-refractivity contribution in [3.8, 4) is 11.3 Å². The fourth-order valence-corrected chi connectivity index (χ4v) is 3.17. The molecule has 26 heavy (non-hydrogen) atoms. The molecule has 1 aliphatic rings. The molecule has 0 bridgehead atoms. The number of amides is 1. The minimum Gasteiger partial charge on any atom is -0.348 e. The molecule has 6 heteroatoms. The molecule has 3 aromatic rings. The van der Waals surface area contributed by atoms with E-state index in [-0.39, 0.29) is 17.5 Å². The van der Waals surface area contributed by atoms with Gasteiger partial charge in [0.2, 0.25) is 5.82 Å². The first-order chi connectivity index (χ1) is 12.6. The Morgan fingerprint density at radius 2 is 1.73 bits per heavy atom. The van der Waals surface area contributed by atoms with Gasteiger partial charge in [0.15, 0.2) is 5.78 Å². The van der Waals surface area contributed by atoms with Gasteiger partial charge in [-0.15, -0.1) is 0 Å². The van der Waals surface area contributed by atoms with Gasteiger partial charge >= 0.3 is 0 Å². The molecule has 6 nitrogen and oxygen atoms in total. The Kier molecular flexibility index (Phi) is 3.97. The Labute approximate surface area is 150 Å². The van der Waals surface area contributed by atoms with E-state index >= 15 is 0 Å². The number of nitrogens with one attached hydrogen (secondary N) is 1. The van der Waals surface area contributed by atoms with E-state index in [0.29, 0.717) is 34.3 Å². The number of ketones is 1. The average Bonchev–Trinajstić information content (AvgIpc) is 2.65. The van der Waals surface area contributed by atoms with E-state index in [2.05, 4.69) is 15.3 Å². The number of aromatic nitrogens is 2. The van der Waals surface area contributed by atoms with Crippen LogP contribution in [0.2, 0.25) is 0 Å². The van der Waals surface area contributed by atoms with Crippen LogP contribution in [0.4, 0.5) is 0 Å². The maximum Gasteiger partial charge on any atom is 0.289 e. The maximum atomic E-state index is 12.8. The van der Waals surface area contributed by atoms with Crippen LogP contribution in [0.1, 0.15) is 26.5 Å². The standard InChI is InChI=1S/C20H18N4O2/c1-24(2)11-10-21-20(26)19-22-15-9-5-8-14-16(15)17(23-19)12-6-3-4-7-13(12)18(14)25/h3-9H,10-11H2,1-2H3,(H,21,26). The van der Waals surface area contributed by atoms with Gasteiger partial charge in [-0.3, -0.25) is 9.59 Å². The number of benzene rings is 2. The van der Waals surface area contributed by atoms with Crippen LogP contribution in [-0.4, -0.2) is 53.7 Å². The van der Waals surface area contributed by atoms with Crippen LogP contribution in [-0.2, 0) is 0 Å². The molecule has 2 aromatic carbocycles. The third-order valence-corrected chi connectivity index (χ3v) is 4.44. The van der Waals surface area contributed by atoms with E-state index in [1.54, 1.807) is 18.2 Å². The van der Waals surface area contributed by atoms with Crippen molar-refractivity contribution in [3.63, 3.8) is 0 Å². The smallest absolute Gasteiger partial charge is 0.289 e. The molecule has 0 unspecified atom stereocenters. The van der Waals surface area contributed by atoms with E-state index < -0.39 is 0 Å². The van der Waals surface area contributed by atoms with E-state index in [4.69, 9.17) is 0 Å². The van der Waals surface area contributed by atoms with Crippen LogP contribution >= 0.6 is 0 Å². The monoisotopic (exact) mass is 346 g/mol. The zero-order valence-corrected chi connectivity index (χ0v) is 14.6. The van der Waals surface area contributed by atoms with Crippen molar-refractivity contribution in [1.82, 2.24) is 20.2 Å². The first-order valence-corrected chi connectivity index (χ1v) is 8.44. The molecule has 4 rings (SSSR count). The summed E-state index contributed by atoms with van der Waals surface area (Å²) in [6, 6.07) is 12.7. The topological polar surface area (TPSA) is 75.2 Å². The zero-order valence-electron chi connectivity index (χ0n) is 14.6. The molecule has 1 heterocycles. The van der Waals surface area contributed by atoms with Crippen LogP contribution in [0.25, 0.3) is 22.2 Å². The second-order valence-corrected chi connectivity index (χ2v) is 6.53. The highest BCUT2D eigenvalue weighted by Crippen LogP contribution is 2.37. The van der Waals surface area contributed by atoms with Gasteiger partial charge < -0.3 is 10.2 Å². The molecule has 0 aliphatic heterocycles. The Balaban J connectivity index is 1.84. The van der Waals surface area contributed by atoms with Crippen molar-refractivity contribution in [2.75, 3.05) is 27.2 Å². The van der Waals surface area contributed by atoms with Gasteiger partial charge in [0.1, 0.15) is 0 Å². The van der Waals surface area contributed by atoms with Crippen LogP contribution < -0.4 is 5.32 Å². The summed E-state index contributed by atoms with van der Waals surface area (Å²) in [5.74, 6) is -0.233. The van der Waals surface area contributed by atoms with Crippen molar-refractivity contribution in [1.29, 1.82) is 0 Å². The predicted molar refractivity (Wildman–Crippen MR) is 99.3 cm³/mol. The first kappa shape index (κ1) is 16.4. The van der Waals surface area contributed by atoms with Crippen LogP contribution in [0.15, 0.2) is 42.5 Å². The second kappa shape index (κ2) is 6.31. The SMILES string of the molecule is CN(C)CCNC(=O)c1nc2c3c(cccc3n1)C(=O)c1ccccc1-2. The highest BCUT2D eigenvalue weighted by molar-refractivity contribution is 6.25. The highest BCUT2D eigenvalue weighted by Gasteiger charge is 2.27. The maximum absolute atomic E-state index is 12.8. The second-order valence-electron chi connectivity index (χ2n) is 6.53. The lowest BCUT2D eigenvalue weighted by Crippen LogP contribution is -2.32. The Morgan fingerprint density at radius 1 is 1.00 bits per heavy atom. The highest BCUT2D eigenvalue weighted by atomic mass is 16.2. The van der Waals surface area contributed by atoms with Gasteiger partial charge in [-0.1, -0.05) is 36.4 Å². The lowest BCUT2D eigenvalue weighted by molar-refractivity contribution is 0.0940. The van der Waals surface area contributed by atoms with Crippen LogP contribution in [0.5, 0.6) is 0 Å². The lowest BCUT2D eigenvalue weighted by Gasteiger charge is -2.19. The van der Waals surface area contributed by atoms with Gasteiger partial charge in [-0.25, -0.2) is 9.97 Å². The summed E-state index contributed by atoms with van der Waals surface area (Å²) in [4.78, 5) is 36.2. The average molecular weight is 346 g/mol. The molecule has 1 aromatic heterocycles. The number of likely N-dealkylation sites (N-methyl/N-ethyl adjacent to an activating group) is 1. The number of hydrogen-bond donors (Lipinski definition) is 1. The number of rotatable bonds is 4. The third-order valence-electron chi connectivity index (χ3n) is 4.44. The quantitative estimate of drug-likeness (QED) is 0.613. The van der Waals surface area contributed by atoms with E-state index in [0.717, 1.165) is 12.1 Å². The number of carbonyl (C=O) groups is 2. The largest absolute Gasteiger partial charge is 0.348 e. The number of carbonyl (C=O) groups excluding carboxylic acids is 2. The molecule has 0 spiro atoms. The molecule has 0 radical (unpaired) electrons. The summed E-state index contributed by atoms with van der Waals surface area (Å²) in [5, 5.41) is 3.55. The van der Waals surface area contributed by atoms with Crippen LogP contribution in [0.3, 0.4) is 0 Å². The Bertz CT molecular complexity index is 1040. The number of fused-ring (bicyclic) bond motifs is 2. The number of nitrogens with zero attached hydrogens (tertiary/aromatic N) is 3. The van der Waals surface area contributed by atoms with Gasteiger partial charge in [0, 0.05) is 35.2 Å². The van der Waals surface area contributed by atoms with Gasteiger partial charge in [0.25, 0.3) is 5.91 Å². The summed E-state index contributed by atoms with van der Waals surface area (Å²) in [6.07, 6.45) is 0. The predicted octanol–water partition coefficient (Wildman–Crippen LogP) is 2.13. The molecular weight excluding hydrogens is 328 g/mol. The normalized spacial score (nSPS) is 12.3. The molecule has 1 N–H and O–H groups in total. The molecule has 0 saturated carbocycles. The van der Waals surface area contributed by atoms with Gasteiger partial charge in [-0.05, 0) is 20.2 Å². The van der Waals surface area contributed by atoms with E-state index in [1.165, 1.54) is 0 Å². The molecule has 130 valence electrons. The summed E-state index contributed by atoms with van der Waals surface area (Å²) in [7, 11) is 3.89. The summed E-state index contributed by atoms with van der Waals surface area (Å²) >= 11 is 0. The van der Waals surface area contributed by atoms with E-state index in [1.807, 2.05) is 43.3 Å². The third kappa shape index (κ3) is 2.64. The first-order valence-electron chi connectivity index (χ1n) is 8.44. The summed E-state index contributed by atoms with van der Waals surface area (Å²) < 4.78 is 0. The van der Waals surface area contributed by atoms with Gasteiger partial charge in [-0.2, -0.15) is 0 Å².